The summed E-state index contributed by atoms with van der Waals surface area (Å²) >= 11 is 0. The van der Waals surface area contributed by atoms with Crippen LogP contribution in [-0.4, -0.2) is 18.5 Å². The largest absolute Gasteiger partial charge is 0.454 e. The first-order valence-electron chi connectivity index (χ1n) is 10.7. The number of Topliss-reactive ketones (excluding diaryl/α,β-unsaturated/α-hetero) is 1. The number of benzene rings is 3. The average molecular weight is 442 g/mol. The number of carbonyl (C=O) groups is 2. The van der Waals surface area contributed by atoms with E-state index in [1.807, 2.05) is 24.3 Å². The number of ketones is 1. The van der Waals surface area contributed by atoms with Crippen LogP contribution in [0, 0.1) is 6.92 Å². The van der Waals surface area contributed by atoms with Gasteiger partial charge in [0.05, 0.1) is 11.1 Å². The summed E-state index contributed by atoms with van der Waals surface area (Å²) in [6.45, 7) is 6.15. The fraction of sp³-hybridized carbons (Fsp3) is 0.185. The van der Waals surface area contributed by atoms with Crippen LogP contribution in [0.15, 0.2) is 60.4 Å². The van der Waals surface area contributed by atoms with Crippen LogP contribution in [0.5, 0.6) is 23.0 Å². The van der Waals surface area contributed by atoms with Crippen molar-refractivity contribution >= 4 is 17.8 Å². The summed E-state index contributed by atoms with van der Waals surface area (Å²) in [4.78, 5) is 25.5. The van der Waals surface area contributed by atoms with Crippen molar-refractivity contribution in [1.82, 2.24) is 0 Å². The molecule has 33 heavy (non-hydrogen) atoms. The van der Waals surface area contributed by atoms with Crippen molar-refractivity contribution in [2.24, 2.45) is 0 Å². The number of hydrogen-bond donors (Lipinski definition) is 0. The first-order chi connectivity index (χ1) is 15.9. The second-order valence-corrected chi connectivity index (χ2v) is 8.28. The van der Waals surface area contributed by atoms with Crippen molar-refractivity contribution < 1.29 is 28.5 Å². The number of fused-ring (bicyclic) bond motifs is 2. The summed E-state index contributed by atoms with van der Waals surface area (Å²) in [5.74, 6) is 1.75. The third-order valence-electron chi connectivity index (χ3n) is 5.75. The summed E-state index contributed by atoms with van der Waals surface area (Å²) in [5, 5.41) is 0. The van der Waals surface area contributed by atoms with E-state index in [4.69, 9.17) is 18.9 Å². The SMILES string of the molecule is Cc1c(OC(=O)c2ccc3c(c2)OCO3)ccc2c1O/C(=C\c1ccc(C(C)C)cc1)C2=O. The van der Waals surface area contributed by atoms with Gasteiger partial charge < -0.3 is 18.9 Å². The van der Waals surface area contributed by atoms with Gasteiger partial charge in [-0.05, 0) is 60.4 Å². The van der Waals surface area contributed by atoms with Crippen LogP contribution in [0.25, 0.3) is 6.08 Å². The van der Waals surface area contributed by atoms with Gasteiger partial charge in [0, 0.05) is 5.56 Å². The number of esters is 1. The molecular weight excluding hydrogens is 420 g/mol. The molecule has 2 aliphatic rings. The Morgan fingerprint density at radius 2 is 1.76 bits per heavy atom. The maximum Gasteiger partial charge on any atom is 0.343 e. The van der Waals surface area contributed by atoms with Crippen LogP contribution in [0.2, 0.25) is 0 Å². The number of allylic oxidation sites excluding steroid dienone is 1. The van der Waals surface area contributed by atoms with E-state index in [0.717, 1.165) is 5.56 Å². The zero-order chi connectivity index (χ0) is 23.1. The van der Waals surface area contributed by atoms with Gasteiger partial charge in [0.2, 0.25) is 12.6 Å². The standard InChI is InChI=1S/C27H22O6/c1-15(2)18-6-4-17(5-7-18)12-24-25(28)20-9-11-21(16(3)26(20)32-24)33-27(29)19-8-10-22-23(13-19)31-14-30-22/h4-13,15H,14H2,1-3H3/b24-12-. The van der Waals surface area contributed by atoms with Gasteiger partial charge >= 0.3 is 5.97 Å². The molecule has 0 unspecified atom stereocenters. The third-order valence-corrected chi connectivity index (χ3v) is 5.75. The van der Waals surface area contributed by atoms with Crippen LogP contribution in [-0.2, 0) is 0 Å². The van der Waals surface area contributed by atoms with E-state index in [9.17, 15) is 9.59 Å². The Hall–Kier alpha value is -4.06. The normalized spacial score (nSPS) is 15.0. The van der Waals surface area contributed by atoms with E-state index in [0.29, 0.717) is 45.6 Å². The highest BCUT2D eigenvalue weighted by Crippen LogP contribution is 2.40. The van der Waals surface area contributed by atoms with E-state index in [1.54, 1.807) is 43.3 Å². The lowest BCUT2D eigenvalue weighted by molar-refractivity contribution is 0.0732. The summed E-state index contributed by atoms with van der Waals surface area (Å²) < 4.78 is 22.1. The molecule has 0 N–H and O–H groups in total. The summed E-state index contributed by atoms with van der Waals surface area (Å²) in [6.07, 6.45) is 1.73. The molecule has 0 aliphatic carbocycles. The molecular formula is C27H22O6. The second kappa shape index (κ2) is 8.13. The highest BCUT2D eigenvalue weighted by Gasteiger charge is 2.30. The number of carbonyl (C=O) groups excluding carboxylic acids is 2. The molecule has 6 heteroatoms. The minimum absolute atomic E-state index is 0.126. The van der Waals surface area contributed by atoms with Gasteiger partial charge in [0.25, 0.3) is 0 Å². The maximum absolute atomic E-state index is 12.9. The molecule has 0 bridgehead atoms. The second-order valence-electron chi connectivity index (χ2n) is 8.28. The zero-order valence-corrected chi connectivity index (χ0v) is 18.5. The Morgan fingerprint density at radius 1 is 1.00 bits per heavy atom. The van der Waals surface area contributed by atoms with Crippen LogP contribution >= 0.6 is 0 Å². The number of ether oxygens (including phenoxy) is 4. The summed E-state index contributed by atoms with van der Waals surface area (Å²) in [5.41, 5.74) is 3.46. The highest BCUT2D eigenvalue weighted by atomic mass is 16.7. The van der Waals surface area contributed by atoms with Crippen molar-refractivity contribution in [2.45, 2.75) is 26.7 Å². The van der Waals surface area contributed by atoms with E-state index >= 15 is 0 Å². The molecule has 6 nitrogen and oxygen atoms in total. The third kappa shape index (κ3) is 3.84. The molecule has 0 atom stereocenters. The lowest BCUT2D eigenvalue weighted by Crippen LogP contribution is -2.09. The molecule has 2 heterocycles. The quantitative estimate of drug-likeness (QED) is 0.294. The zero-order valence-electron chi connectivity index (χ0n) is 18.5. The minimum atomic E-state index is -0.540. The van der Waals surface area contributed by atoms with Gasteiger partial charge in [-0.1, -0.05) is 38.1 Å². The fourth-order valence-electron chi connectivity index (χ4n) is 3.79. The Balaban J connectivity index is 1.37. The first kappa shape index (κ1) is 20.8. The smallest absolute Gasteiger partial charge is 0.343 e. The highest BCUT2D eigenvalue weighted by molar-refractivity contribution is 6.15. The molecule has 2 aliphatic heterocycles. The van der Waals surface area contributed by atoms with Crippen molar-refractivity contribution in [3.8, 4) is 23.0 Å². The molecule has 3 aromatic carbocycles. The van der Waals surface area contributed by atoms with Gasteiger partial charge in [-0.3, -0.25) is 4.79 Å². The molecule has 0 fully saturated rings. The Kier molecular flexibility index (Phi) is 5.13. The van der Waals surface area contributed by atoms with Crippen molar-refractivity contribution in [3.05, 3.63) is 88.2 Å². The van der Waals surface area contributed by atoms with Crippen LogP contribution < -0.4 is 18.9 Å². The van der Waals surface area contributed by atoms with Crippen LogP contribution in [0.3, 0.4) is 0 Å². The van der Waals surface area contributed by atoms with Gasteiger partial charge in [-0.2, -0.15) is 0 Å². The average Bonchev–Trinajstić information content (AvgIpc) is 3.40. The van der Waals surface area contributed by atoms with E-state index in [-0.39, 0.29) is 18.3 Å². The molecule has 0 saturated carbocycles. The molecule has 0 aromatic heterocycles. The lowest BCUT2D eigenvalue weighted by Gasteiger charge is -2.10. The van der Waals surface area contributed by atoms with Gasteiger partial charge in [0.15, 0.2) is 17.3 Å². The molecule has 0 spiro atoms. The van der Waals surface area contributed by atoms with Gasteiger partial charge in [-0.25, -0.2) is 4.79 Å². The van der Waals surface area contributed by atoms with Crippen LogP contribution in [0.4, 0.5) is 0 Å². The van der Waals surface area contributed by atoms with Crippen molar-refractivity contribution in [1.29, 1.82) is 0 Å². The monoisotopic (exact) mass is 442 g/mol. The van der Waals surface area contributed by atoms with Crippen molar-refractivity contribution in [2.75, 3.05) is 6.79 Å². The number of rotatable bonds is 4. The first-order valence-corrected chi connectivity index (χ1v) is 10.7. The lowest BCUT2D eigenvalue weighted by atomic mass is 10.0. The maximum atomic E-state index is 12.9. The summed E-state index contributed by atoms with van der Waals surface area (Å²) in [6, 6.07) is 16.1. The topological polar surface area (TPSA) is 71.1 Å². The molecule has 0 amide bonds. The fourth-order valence-corrected chi connectivity index (χ4v) is 3.79. The van der Waals surface area contributed by atoms with Gasteiger partial charge in [0.1, 0.15) is 11.5 Å². The Labute approximate surface area is 191 Å². The van der Waals surface area contributed by atoms with E-state index in [2.05, 4.69) is 13.8 Å². The molecule has 0 radical (unpaired) electrons. The minimum Gasteiger partial charge on any atom is -0.454 e. The van der Waals surface area contributed by atoms with Crippen LogP contribution in [0.1, 0.15) is 57.2 Å². The van der Waals surface area contributed by atoms with E-state index in [1.165, 1.54) is 5.56 Å². The van der Waals surface area contributed by atoms with Gasteiger partial charge in [-0.15, -0.1) is 0 Å². The molecule has 5 rings (SSSR count). The molecule has 166 valence electrons. The van der Waals surface area contributed by atoms with E-state index < -0.39 is 5.97 Å². The molecule has 0 saturated heterocycles. The predicted octanol–water partition coefficient (Wildman–Crippen LogP) is 5.68. The Bertz CT molecular complexity index is 1300. The molecule has 3 aromatic rings. The summed E-state index contributed by atoms with van der Waals surface area (Å²) in [7, 11) is 0. The Morgan fingerprint density at radius 3 is 2.52 bits per heavy atom. The number of hydrogen-bond acceptors (Lipinski definition) is 6. The predicted molar refractivity (Wildman–Crippen MR) is 122 cm³/mol. The van der Waals surface area contributed by atoms with Crippen molar-refractivity contribution in [3.63, 3.8) is 0 Å².